The molecule has 21 nitrogen and oxygen atoms in total. The van der Waals surface area contributed by atoms with Crippen LogP contribution in [-0.4, -0.2) is 131 Å². The summed E-state index contributed by atoms with van der Waals surface area (Å²) >= 11 is 0. The van der Waals surface area contributed by atoms with Gasteiger partial charge in [0.2, 0.25) is 41.2 Å². The normalized spacial score (nSPS) is 14.4. The average Bonchev–Trinajstić information content (AvgIpc) is 3.27. The van der Waals surface area contributed by atoms with Gasteiger partial charge in [0, 0.05) is 25.8 Å². The molecule has 0 fully saturated rings. The Morgan fingerprint density at radius 3 is 1.52 bits per heavy atom. The zero-order valence-corrected chi connectivity index (χ0v) is 48.8. The van der Waals surface area contributed by atoms with E-state index in [-0.39, 0.29) is 25.3 Å². The number of nitrogens with one attached hydrogen (secondary N) is 7. The number of rotatable bonds is 28. The molecule has 0 radical (unpaired) electrons. The lowest BCUT2D eigenvalue weighted by Crippen LogP contribution is -2.62. The number of carbonyl (C=O) groups excluding carboxylic acids is 11. The van der Waals surface area contributed by atoms with Crippen molar-refractivity contribution < 1.29 is 80.1 Å². The molecule has 0 saturated carbocycles. The van der Waals surface area contributed by atoms with Crippen LogP contribution in [0.3, 0.4) is 0 Å². The largest absolute Gasteiger partial charge is 0.460 e. The van der Waals surface area contributed by atoms with Gasteiger partial charge in [-0.1, -0.05) is 65.8 Å². The van der Waals surface area contributed by atoms with Crippen molar-refractivity contribution in [2.24, 2.45) is 11.3 Å². The van der Waals surface area contributed by atoms with Crippen LogP contribution in [0.1, 0.15) is 166 Å². The number of esters is 3. The molecule has 0 aromatic heterocycles. The van der Waals surface area contributed by atoms with Crippen molar-refractivity contribution in [3.05, 3.63) is 35.4 Å². The molecule has 0 saturated heterocycles. The minimum atomic E-state index is -5.00. The first-order valence-electron chi connectivity index (χ1n) is 26.4. The number of ether oxygens (including phenoxy) is 3. The molecule has 0 heterocycles. The second-order valence-corrected chi connectivity index (χ2v) is 23.9. The predicted molar refractivity (Wildman–Crippen MR) is 285 cm³/mol. The first-order valence-corrected chi connectivity index (χ1v) is 26.4. The van der Waals surface area contributed by atoms with Crippen LogP contribution in [0.25, 0.3) is 0 Å². The molecule has 24 heteroatoms. The van der Waals surface area contributed by atoms with Crippen molar-refractivity contribution in [1.29, 1.82) is 0 Å². The molecular formula is C55H86F3N7O14. The van der Waals surface area contributed by atoms with E-state index in [1.165, 1.54) is 0 Å². The monoisotopic (exact) mass is 1130 g/mol. The van der Waals surface area contributed by atoms with E-state index in [1.54, 1.807) is 135 Å². The highest BCUT2D eigenvalue weighted by Crippen LogP contribution is 2.24. The van der Waals surface area contributed by atoms with Gasteiger partial charge < -0.3 is 51.4 Å². The molecule has 1 unspecified atom stereocenters. The molecule has 79 heavy (non-hydrogen) atoms. The van der Waals surface area contributed by atoms with Gasteiger partial charge in [0.05, 0.1) is 19.3 Å². The van der Waals surface area contributed by atoms with Crippen LogP contribution in [0, 0.1) is 18.3 Å². The highest BCUT2D eigenvalue weighted by atomic mass is 19.4. The van der Waals surface area contributed by atoms with Gasteiger partial charge in [0.25, 0.3) is 5.91 Å². The summed E-state index contributed by atoms with van der Waals surface area (Å²) < 4.78 is 57.3. The second kappa shape index (κ2) is 30.7. The summed E-state index contributed by atoms with van der Waals surface area (Å²) in [6.07, 6.45) is -9.48. The SMILES string of the molecule is CCCNC(=O)C(=O)C(CC(F)(F)F)NC(=O)[C@H](CC(C)C)NC(=O)[C@@H](NC(=O)[C@H](Cc1ccccc1C)NC(=O)[C@H](CCC(=O)OC(C)(C)C)NC(=O)[C@H](CC(=O)OC(C)(C)C)NC(=O)CCC(=O)OC(C)(C)C)C(C)(C)C. The molecule has 7 N–H and O–H groups in total. The summed E-state index contributed by atoms with van der Waals surface area (Å²) in [4.78, 5) is 149. The highest BCUT2D eigenvalue weighted by molar-refractivity contribution is 6.38. The molecule has 0 spiro atoms. The Morgan fingerprint density at radius 2 is 1.01 bits per heavy atom. The van der Waals surface area contributed by atoms with Crippen LogP contribution >= 0.6 is 0 Å². The fourth-order valence-corrected chi connectivity index (χ4v) is 7.44. The van der Waals surface area contributed by atoms with Gasteiger partial charge in [-0.2, -0.15) is 13.2 Å². The maximum absolute atomic E-state index is 14.7. The van der Waals surface area contributed by atoms with Crippen LogP contribution in [0.15, 0.2) is 24.3 Å². The van der Waals surface area contributed by atoms with E-state index in [1.807, 2.05) is 5.32 Å². The summed E-state index contributed by atoms with van der Waals surface area (Å²) in [5.74, 6) is -11.9. The fraction of sp³-hybridized carbons (Fsp3) is 0.691. The van der Waals surface area contributed by atoms with Crippen molar-refractivity contribution in [1.82, 2.24) is 37.2 Å². The van der Waals surface area contributed by atoms with Gasteiger partial charge in [0.1, 0.15) is 53.1 Å². The minimum absolute atomic E-state index is 0.0242. The number of Topliss-reactive ketones (excluding diaryl/α,β-unsaturated/α-hetero) is 1. The van der Waals surface area contributed by atoms with Crippen LogP contribution in [-0.2, 0) is 73.4 Å². The molecule has 1 aromatic carbocycles. The standard InChI is InChI=1S/C55H86F3N7O14/c1-17-26-59-49(75)43(70)38(30-55(56,57)58)64-46(72)35(27-31(2)3)63-50(76)44(51(5,6)7)65-48(74)36(28-33-21-19-18-20-32(33)4)62-45(71)34(22-24-40(67)77-52(8,9)10)61-47(73)37(29-42(69)79-54(14,15)16)60-39(66)23-25-41(68)78-53(11,12)13/h18-21,31,34-38,44H,17,22-30H2,1-16H3,(H,59,75)(H,60,66)(H,61,73)(H,62,71)(H,63,76)(H,64,72)(H,65,74)/t34-,35-,36-,37-,38?,44+/m0/s1. The predicted octanol–water partition coefficient (Wildman–Crippen LogP) is 4.56. The van der Waals surface area contributed by atoms with Gasteiger partial charge in [-0.3, -0.25) is 52.7 Å². The Labute approximate surface area is 462 Å². The number of carbonyl (C=O) groups is 11. The van der Waals surface area contributed by atoms with Crippen molar-refractivity contribution in [3.8, 4) is 0 Å². The lowest BCUT2D eigenvalue weighted by molar-refractivity contribution is -0.158. The first kappa shape index (κ1) is 70.4. The molecule has 446 valence electrons. The van der Waals surface area contributed by atoms with E-state index in [9.17, 15) is 65.9 Å². The summed E-state index contributed by atoms with van der Waals surface area (Å²) in [7, 11) is 0. The number of ketones is 1. The number of hydrogen-bond donors (Lipinski definition) is 7. The molecule has 0 aliphatic heterocycles. The summed E-state index contributed by atoms with van der Waals surface area (Å²) in [5.41, 5.74) is -2.83. The molecule has 1 rings (SSSR count). The molecule has 0 aliphatic carbocycles. The third kappa shape index (κ3) is 29.3. The second-order valence-electron chi connectivity index (χ2n) is 23.9. The fourth-order valence-electron chi connectivity index (χ4n) is 7.44. The van der Waals surface area contributed by atoms with Crippen LogP contribution in [0.4, 0.5) is 13.2 Å². The van der Waals surface area contributed by atoms with E-state index < -0.39 is 168 Å². The van der Waals surface area contributed by atoms with Gasteiger partial charge >= 0.3 is 24.1 Å². The van der Waals surface area contributed by atoms with E-state index in [2.05, 4.69) is 31.9 Å². The van der Waals surface area contributed by atoms with E-state index in [4.69, 9.17) is 14.2 Å². The van der Waals surface area contributed by atoms with Crippen molar-refractivity contribution in [2.45, 2.75) is 228 Å². The summed E-state index contributed by atoms with van der Waals surface area (Å²) in [5, 5.41) is 16.9. The Balaban J connectivity index is 3.83. The average molecular weight is 1130 g/mol. The Bertz CT molecular complexity index is 2310. The molecule has 0 bridgehead atoms. The lowest BCUT2D eigenvalue weighted by Gasteiger charge is -2.34. The third-order valence-corrected chi connectivity index (χ3v) is 11.0. The van der Waals surface area contributed by atoms with E-state index in [0.29, 0.717) is 17.5 Å². The quantitative estimate of drug-likeness (QED) is 0.0344. The van der Waals surface area contributed by atoms with Crippen molar-refractivity contribution >= 4 is 65.0 Å². The number of amides is 7. The summed E-state index contributed by atoms with van der Waals surface area (Å²) in [6.45, 7) is 25.8. The summed E-state index contributed by atoms with van der Waals surface area (Å²) in [6, 6.07) is -3.64. The highest BCUT2D eigenvalue weighted by Gasteiger charge is 2.42. The number of halogens is 3. The number of aryl methyl sites for hydroxylation is 1. The number of hydrogen-bond acceptors (Lipinski definition) is 14. The maximum Gasteiger partial charge on any atom is 0.391 e. The van der Waals surface area contributed by atoms with Gasteiger partial charge in [0.15, 0.2) is 0 Å². The molecule has 0 aliphatic rings. The van der Waals surface area contributed by atoms with Crippen LogP contribution in [0.2, 0.25) is 0 Å². The Hall–Kier alpha value is -6.62. The van der Waals surface area contributed by atoms with Crippen LogP contribution in [0.5, 0.6) is 0 Å². The number of benzene rings is 1. The third-order valence-electron chi connectivity index (χ3n) is 11.0. The van der Waals surface area contributed by atoms with Gasteiger partial charge in [-0.25, -0.2) is 0 Å². The number of alkyl halides is 3. The molecular weight excluding hydrogens is 1040 g/mol. The molecule has 1 aromatic rings. The maximum atomic E-state index is 14.7. The smallest absolute Gasteiger partial charge is 0.391 e. The lowest BCUT2D eigenvalue weighted by atomic mass is 9.85. The van der Waals surface area contributed by atoms with E-state index >= 15 is 0 Å². The zero-order chi connectivity index (χ0) is 61.0. The van der Waals surface area contributed by atoms with E-state index in [0.717, 1.165) is 0 Å². The topological polar surface area (TPSA) is 300 Å². The van der Waals surface area contributed by atoms with Crippen molar-refractivity contribution in [3.63, 3.8) is 0 Å². The first-order chi connectivity index (χ1) is 36.0. The van der Waals surface area contributed by atoms with Crippen molar-refractivity contribution in [2.75, 3.05) is 6.54 Å². The zero-order valence-electron chi connectivity index (χ0n) is 48.8. The Morgan fingerprint density at radius 1 is 0.544 bits per heavy atom. The molecule has 7 amide bonds. The van der Waals surface area contributed by atoms with Gasteiger partial charge in [-0.15, -0.1) is 0 Å². The van der Waals surface area contributed by atoms with Crippen LogP contribution < -0.4 is 37.2 Å². The van der Waals surface area contributed by atoms with Gasteiger partial charge in [-0.05, 0) is 111 Å². The minimum Gasteiger partial charge on any atom is -0.460 e. The molecule has 6 atom stereocenters. The Kier molecular flexibility index (Phi) is 27.3.